The van der Waals surface area contributed by atoms with Gasteiger partial charge in [0.05, 0.1) is 37.7 Å². The normalized spacial score (nSPS) is 16.1. The van der Waals surface area contributed by atoms with Crippen molar-refractivity contribution in [3.63, 3.8) is 0 Å². The highest BCUT2D eigenvalue weighted by Gasteiger charge is 2.31. The number of amides is 2. The molecule has 0 saturated carbocycles. The summed E-state index contributed by atoms with van der Waals surface area (Å²) in [6, 6.07) is 7.29. The lowest BCUT2D eigenvalue weighted by atomic mass is 10.0. The summed E-state index contributed by atoms with van der Waals surface area (Å²) >= 11 is 0. The summed E-state index contributed by atoms with van der Waals surface area (Å²) in [5, 5.41) is 10.2. The van der Waals surface area contributed by atoms with Crippen molar-refractivity contribution in [1.29, 1.82) is 5.41 Å². The van der Waals surface area contributed by atoms with Crippen molar-refractivity contribution in [2.75, 3.05) is 20.2 Å². The minimum atomic E-state index is -0.351. The highest BCUT2D eigenvalue weighted by Crippen LogP contribution is 2.27. The fourth-order valence-electron chi connectivity index (χ4n) is 2.90. The first kappa shape index (κ1) is 18.3. The van der Waals surface area contributed by atoms with Crippen LogP contribution in [0.4, 0.5) is 4.79 Å². The molecule has 1 unspecified atom stereocenters. The van der Waals surface area contributed by atoms with E-state index >= 15 is 0 Å². The molecule has 3 rings (SSSR count). The average Bonchev–Trinajstić information content (AvgIpc) is 3.06. The van der Waals surface area contributed by atoms with E-state index in [4.69, 9.17) is 11.1 Å². The Morgan fingerprint density at radius 3 is 2.67 bits per heavy atom. The Morgan fingerprint density at radius 1 is 1.33 bits per heavy atom. The van der Waals surface area contributed by atoms with Crippen molar-refractivity contribution in [3.05, 3.63) is 47.9 Å². The van der Waals surface area contributed by atoms with Crippen LogP contribution in [0.3, 0.4) is 0 Å². The molecule has 0 bridgehead atoms. The molecule has 1 aliphatic heterocycles. The lowest BCUT2D eigenvalue weighted by molar-refractivity contribution is -0.140. The highest BCUT2D eigenvalue weighted by atomic mass is 16.5. The lowest BCUT2D eigenvalue weighted by Crippen LogP contribution is -2.32. The number of carbonyl (C=O) groups excluding carboxylic acids is 2. The number of carbonyl (C=O) groups is 2. The van der Waals surface area contributed by atoms with Crippen molar-refractivity contribution < 1.29 is 14.3 Å². The molecule has 0 radical (unpaired) electrons. The van der Waals surface area contributed by atoms with Crippen molar-refractivity contribution in [1.82, 2.24) is 20.2 Å². The molecule has 9 heteroatoms. The third-order valence-corrected chi connectivity index (χ3v) is 4.39. The predicted molar refractivity (Wildman–Crippen MR) is 98.0 cm³/mol. The number of urea groups is 1. The van der Waals surface area contributed by atoms with Crippen LogP contribution in [0.1, 0.15) is 23.7 Å². The number of nitrogens with one attached hydrogen (secondary N) is 2. The second-order valence-electron chi connectivity index (χ2n) is 6.04. The van der Waals surface area contributed by atoms with Gasteiger partial charge in [0.25, 0.3) is 0 Å². The summed E-state index contributed by atoms with van der Waals surface area (Å²) in [6.45, 7) is 0.773. The van der Waals surface area contributed by atoms with E-state index in [0.29, 0.717) is 24.5 Å². The maximum absolute atomic E-state index is 12.1. The SMILES string of the molecule is COC(=O)CCN1C(=O)NCC1c1ccc(-c2cnc(C(=N)N)cn2)cc1. The molecule has 1 aliphatic rings. The second kappa shape index (κ2) is 7.81. The summed E-state index contributed by atoms with van der Waals surface area (Å²) in [5.41, 5.74) is 8.19. The van der Waals surface area contributed by atoms with Gasteiger partial charge in [-0.05, 0) is 5.56 Å². The Balaban J connectivity index is 1.74. The molecule has 2 aromatic rings. The van der Waals surface area contributed by atoms with Crippen molar-refractivity contribution >= 4 is 17.8 Å². The van der Waals surface area contributed by atoms with Crippen molar-refractivity contribution in [2.45, 2.75) is 12.5 Å². The van der Waals surface area contributed by atoms with Crippen LogP contribution in [0.2, 0.25) is 0 Å². The van der Waals surface area contributed by atoms with Crippen LogP contribution in [-0.2, 0) is 9.53 Å². The van der Waals surface area contributed by atoms with Gasteiger partial charge < -0.3 is 20.7 Å². The third kappa shape index (κ3) is 4.02. The largest absolute Gasteiger partial charge is 0.469 e. The first-order chi connectivity index (χ1) is 13.0. The zero-order valence-electron chi connectivity index (χ0n) is 14.8. The molecule has 4 N–H and O–H groups in total. The number of nitrogens with two attached hydrogens (primary N) is 1. The van der Waals surface area contributed by atoms with E-state index in [1.54, 1.807) is 11.1 Å². The van der Waals surface area contributed by atoms with E-state index in [0.717, 1.165) is 11.1 Å². The highest BCUT2D eigenvalue weighted by molar-refractivity contribution is 5.92. The summed E-state index contributed by atoms with van der Waals surface area (Å²) in [6.07, 6.45) is 3.17. The van der Waals surface area contributed by atoms with Gasteiger partial charge in [0.15, 0.2) is 0 Å². The number of nitrogens with zero attached hydrogens (tertiary/aromatic N) is 3. The molecule has 1 fully saturated rings. The number of aromatic nitrogens is 2. The predicted octanol–water partition coefficient (Wildman–Crippen LogP) is 1.06. The maximum Gasteiger partial charge on any atom is 0.318 e. The molecule has 140 valence electrons. The van der Waals surface area contributed by atoms with E-state index in [1.165, 1.54) is 13.3 Å². The molecule has 0 aliphatic carbocycles. The molecule has 1 atom stereocenters. The van der Waals surface area contributed by atoms with Gasteiger partial charge in [0.1, 0.15) is 11.5 Å². The minimum Gasteiger partial charge on any atom is -0.469 e. The number of amidine groups is 1. The van der Waals surface area contributed by atoms with Gasteiger partial charge in [0, 0.05) is 18.7 Å². The number of methoxy groups -OCH3 is 1. The van der Waals surface area contributed by atoms with Gasteiger partial charge in [-0.1, -0.05) is 24.3 Å². The number of esters is 1. The van der Waals surface area contributed by atoms with E-state index in [1.807, 2.05) is 24.3 Å². The first-order valence-electron chi connectivity index (χ1n) is 8.37. The molecule has 1 saturated heterocycles. The van der Waals surface area contributed by atoms with Crippen molar-refractivity contribution in [2.24, 2.45) is 5.73 Å². The number of ether oxygens (including phenoxy) is 1. The van der Waals surface area contributed by atoms with E-state index in [-0.39, 0.29) is 30.3 Å². The standard InChI is InChI=1S/C18H20N6O3/c1-27-16(25)6-7-24-15(10-23-18(24)26)12-4-2-11(3-5-12)13-8-22-14(9-21-13)17(19)20/h2-5,8-9,15H,6-7,10H2,1H3,(H3,19,20)(H,23,26). The quantitative estimate of drug-likeness (QED) is 0.396. The van der Waals surface area contributed by atoms with Gasteiger partial charge >= 0.3 is 12.0 Å². The van der Waals surface area contributed by atoms with Crippen LogP contribution < -0.4 is 11.1 Å². The van der Waals surface area contributed by atoms with Crippen molar-refractivity contribution in [3.8, 4) is 11.3 Å². The van der Waals surface area contributed by atoms with Crippen LogP contribution >= 0.6 is 0 Å². The monoisotopic (exact) mass is 368 g/mol. The lowest BCUT2D eigenvalue weighted by Gasteiger charge is -2.23. The third-order valence-electron chi connectivity index (χ3n) is 4.39. The smallest absolute Gasteiger partial charge is 0.318 e. The van der Waals surface area contributed by atoms with Crippen LogP contribution in [0.15, 0.2) is 36.7 Å². The van der Waals surface area contributed by atoms with E-state index in [9.17, 15) is 9.59 Å². The summed E-state index contributed by atoms with van der Waals surface area (Å²) in [7, 11) is 1.33. The zero-order chi connectivity index (χ0) is 19.4. The van der Waals surface area contributed by atoms with Crippen LogP contribution in [-0.4, -0.2) is 52.9 Å². The Labute approximate surface area is 156 Å². The molecule has 2 amide bonds. The number of rotatable bonds is 6. The minimum absolute atomic E-state index is 0.130. The maximum atomic E-state index is 12.1. The van der Waals surface area contributed by atoms with Gasteiger partial charge in [-0.2, -0.15) is 0 Å². The second-order valence-corrected chi connectivity index (χ2v) is 6.04. The van der Waals surface area contributed by atoms with E-state index < -0.39 is 0 Å². The summed E-state index contributed by atoms with van der Waals surface area (Å²) < 4.78 is 4.64. The van der Waals surface area contributed by atoms with Crippen LogP contribution in [0, 0.1) is 5.41 Å². The molecule has 2 heterocycles. The number of nitrogen functional groups attached to an aromatic ring is 1. The zero-order valence-corrected chi connectivity index (χ0v) is 14.8. The molecular weight excluding hydrogens is 348 g/mol. The fourth-order valence-corrected chi connectivity index (χ4v) is 2.90. The fraction of sp³-hybridized carbons (Fsp3) is 0.278. The van der Waals surface area contributed by atoms with E-state index in [2.05, 4.69) is 20.0 Å². The molecule has 0 spiro atoms. The molecule has 27 heavy (non-hydrogen) atoms. The average molecular weight is 368 g/mol. The van der Waals surface area contributed by atoms with Gasteiger partial charge in [-0.3, -0.25) is 15.2 Å². The molecular formula is C18H20N6O3. The Bertz CT molecular complexity index is 850. The van der Waals surface area contributed by atoms with Crippen LogP contribution in [0.25, 0.3) is 11.3 Å². The van der Waals surface area contributed by atoms with Crippen LogP contribution in [0.5, 0.6) is 0 Å². The van der Waals surface area contributed by atoms with Gasteiger partial charge in [-0.15, -0.1) is 0 Å². The van der Waals surface area contributed by atoms with Gasteiger partial charge in [0.2, 0.25) is 0 Å². The molecule has 1 aromatic carbocycles. The number of hydrogen-bond acceptors (Lipinski definition) is 6. The van der Waals surface area contributed by atoms with Gasteiger partial charge in [-0.25, -0.2) is 9.78 Å². The molecule has 1 aromatic heterocycles. The molecule has 9 nitrogen and oxygen atoms in total. The Hall–Kier alpha value is -3.49. The Morgan fingerprint density at radius 2 is 2.07 bits per heavy atom. The Kier molecular flexibility index (Phi) is 5.30. The summed E-state index contributed by atoms with van der Waals surface area (Å²) in [4.78, 5) is 33.4. The first-order valence-corrected chi connectivity index (χ1v) is 8.37. The summed E-state index contributed by atoms with van der Waals surface area (Å²) in [5.74, 6) is -0.480. The topological polar surface area (TPSA) is 134 Å². The number of benzene rings is 1. The number of hydrogen-bond donors (Lipinski definition) is 3.